The largest absolute Gasteiger partial charge is 0.481 e. The van der Waals surface area contributed by atoms with E-state index in [1.54, 1.807) is 11.8 Å². The van der Waals surface area contributed by atoms with Crippen LogP contribution in [0.25, 0.3) is 0 Å². The van der Waals surface area contributed by atoms with Crippen molar-refractivity contribution in [2.45, 2.75) is 13.0 Å². The zero-order valence-corrected chi connectivity index (χ0v) is 11.1. The molecule has 1 aliphatic heterocycles. The second-order valence-corrected chi connectivity index (χ2v) is 4.45. The number of ether oxygens (including phenoxy) is 1. The monoisotopic (exact) mass is 249 g/mol. The number of hydrogen-bond donors (Lipinski definition) is 1. The molecule has 1 fully saturated rings. The van der Waals surface area contributed by atoms with Crippen molar-refractivity contribution in [3.05, 3.63) is 11.3 Å². The third-order valence-corrected chi connectivity index (χ3v) is 3.32. The maximum Gasteiger partial charge on any atom is 0.217 e. The Kier molecular flexibility index (Phi) is 3.84. The first kappa shape index (κ1) is 12.9. The Bertz CT molecular complexity index is 456. The molecule has 1 saturated heterocycles. The van der Waals surface area contributed by atoms with Crippen LogP contribution in [0, 0.1) is 18.3 Å². The molecule has 0 radical (unpaired) electrons. The van der Waals surface area contributed by atoms with Crippen LogP contribution in [0.3, 0.4) is 0 Å². The van der Waals surface area contributed by atoms with Crippen molar-refractivity contribution in [2.75, 3.05) is 33.3 Å². The Morgan fingerprint density at radius 2 is 2.11 bits per heavy atom. The summed E-state index contributed by atoms with van der Waals surface area (Å²) in [6, 6.07) is 2.10. The van der Waals surface area contributed by atoms with Crippen LogP contribution < -0.4 is 10.1 Å². The number of hydrogen-bond acceptors (Lipinski definition) is 5. The summed E-state index contributed by atoms with van der Waals surface area (Å²) in [5.41, 5.74) is 1.75. The predicted octanol–water partition coefficient (Wildman–Crippen LogP) is 0.207. The molecule has 2 heterocycles. The molecule has 6 heteroatoms. The van der Waals surface area contributed by atoms with Crippen LogP contribution in [-0.4, -0.2) is 48.0 Å². The standard InChI is InChI=1S/C12H19N5O/c1-9-11(12(18-3)16(2)15-9)10(8-13)17-6-4-14-5-7-17/h10,14H,4-7H2,1-3H3. The number of methoxy groups -OCH3 is 1. The minimum absolute atomic E-state index is 0.282. The number of nitrogens with zero attached hydrogens (tertiary/aromatic N) is 4. The molecule has 0 aliphatic carbocycles. The second-order valence-electron chi connectivity index (χ2n) is 4.45. The van der Waals surface area contributed by atoms with E-state index in [2.05, 4.69) is 21.4 Å². The zero-order chi connectivity index (χ0) is 13.1. The van der Waals surface area contributed by atoms with E-state index in [9.17, 15) is 5.26 Å². The Hall–Kier alpha value is -1.58. The van der Waals surface area contributed by atoms with Crippen LogP contribution in [0.15, 0.2) is 0 Å². The number of nitriles is 1. The van der Waals surface area contributed by atoms with Gasteiger partial charge >= 0.3 is 0 Å². The van der Waals surface area contributed by atoms with Gasteiger partial charge in [0.1, 0.15) is 6.04 Å². The predicted molar refractivity (Wildman–Crippen MR) is 67.3 cm³/mol. The third kappa shape index (κ3) is 2.19. The summed E-state index contributed by atoms with van der Waals surface area (Å²) in [5, 5.41) is 17.1. The highest BCUT2D eigenvalue weighted by Gasteiger charge is 2.29. The van der Waals surface area contributed by atoms with Crippen LogP contribution in [0.1, 0.15) is 17.3 Å². The molecule has 1 aliphatic rings. The summed E-state index contributed by atoms with van der Waals surface area (Å²) < 4.78 is 7.07. The molecule has 1 aromatic heterocycles. The van der Waals surface area contributed by atoms with Gasteiger partial charge in [-0.05, 0) is 6.92 Å². The van der Waals surface area contributed by atoms with E-state index in [1.165, 1.54) is 0 Å². The van der Waals surface area contributed by atoms with Crippen LogP contribution in [-0.2, 0) is 7.05 Å². The van der Waals surface area contributed by atoms with Crippen molar-refractivity contribution >= 4 is 0 Å². The lowest BCUT2D eigenvalue weighted by Crippen LogP contribution is -2.45. The van der Waals surface area contributed by atoms with E-state index in [1.807, 2.05) is 14.0 Å². The summed E-state index contributed by atoms with van der Waals surface area (Å²) in [5.74, 6) is 0.678. The molecule has 18 heavy (non-hydrogen) atoms. The van der Waals surface area contributed by atoms with Crippen LogP contribution in [0.4, 0.5) is 0 Å². The smallest absolute Gasteiger partial charge is 0.217 e. The van der Waals surface area contributed by atoms with Crippen molar-refractivity contribution in [1.82, 2.24) is 20.0 Å². The summed E-state index contributed by atoms with van der Waals surface area (Å²) in [6.07, 6.45) is 0. The second kappa shape index (κ2) is 5.38. The van der Waals surface area contributed by atoms with Crippen LogP contribution in [0.5, 0.6) is 5.88 Å². The minimum atomic E-state index is -0.282. The molecule has 1 atom stereocenters. The molecule has 0 saturated carbocycles. The summed E-state index contributed by atoms with van der Waals surface area (Å²) >= 11 is 0. The normalized spacial score (nSPS) is 18.3. The first-order valence-electron chi connectivity index (χ1n) is 6.11. The summed E-state index contributed by atoms with van der Waals surface area (Å²) in [7, 11) is 3.45. The molecular formula is C12H19N5O. The lowest BCUT2D eigenvalue weighted by Gasteiger charge is -2.31. The number of rotatable bonds is 3. The topological polar surface area (TPSA) is 66.1 Å². The highest BCUT2D eigenvalue weighted by Crippen LogP contribution is 2.31. The van der Waals surface area contributed by atoms with E-state index in [-0.39, 0.29) is 6.04 Å². The molecule has 1 N–H and O–H groups in total. The number of aromatic nitrogens is 2. The Morgan fingerprint density at radius 3 is 2.67 bits per heavy atom. The average molecular weight is 249 g/mol. The first-order valence-corrected chi connectivity index (χ1v) is 6.11. The summed E-state index contributed by atoms with van der Waals surface area (Å²) in [6.45, 7) is 5.50. The van der Waals surface area contributed by atoms with Gasteiger partial charge in [-0.1, -0.05) is 0 Å². The molecule has 0 bridgehead atoms. The SMILES string of the molecule is COc1c(C(C#N)N2CCNCC2)c(C)nn1C. The van der Waals surface area contributed by atoms with Crippen molar-refractivity contribution in [2.24, 2.45) is 7.05 Å². The fourth-order valence-corrected chi connectivity index (χ4v) is 2.48. The van der Waals surface area contributed by atoms with Gasteiger partial charge in [0.15, 0.2) is 0 Å². The number of nitrogens with one attached hydrogen (secondary N) is 1. The number of piperazine rings is 1. The Balaban J connectivity index is 2.35. The molecule has 0 aromatic carbocycles. The van der Waals surface area contributed by atoms with Gasteiger partial charge in [-0.3, -0.25) is 4.90 Å². The zero-order valence-electron chi connectivity index (χ0n) is 11.1. The molecule has 0 amide bonds. The fourth-order valence-electron chi connectivity index (χ4n) is 2.48. The van der Waals surface area contributed by atoms with E-state index >= 15 is 0 Å². The Morgan fingerprint density at radius 1 is 1.44 bits per heavy atom. The molecule has 2 rings (SSSR count). The maximum absolute atomic E-state index is 9.48. The van der Waals surface area contributed by atoms with Gasteiger partial charge in [-0.15, -0.1) is 0 Å². The molecule has 0 spiro atoms. The molecule has 6 nitrogen and oxygen atoms in total. The molecule has 1 unspecified atom stereocenters. The lowest BCUT2D eigenvalue weighted by atomic mass is 10.1. The van der Waals surface area contributed by atoms with Crippen LogP contribution in [0.2, 0.25) is 0 Å². The average Bonchev–Trinajstić information content (AvgIpc) is 2.66. The first-order chi connectivity index (χ1) is 8.69. The number of aryl methyl sites for hydroxylation is 2. The van der Waals surface area contributed by atoms with Crippen LogP contribution >= 0.6 is 0 Å². The van der Waals surface area contributed by atoms with Gasteiger partial charge in [0.05, 0.1) is 24.4 Å². The van der Waals surface area contributed by atoms with Gasteiger partial charge in [-0.2, -0.15) is 10.4 Å². The van der Waals surface area contributed by atoms with Crippen molar-refractivity contribution < 1.29 is 4.74 Å². The highest BCUT2D eigenvalue weighted by atomic mass is 16.5. The minimum Gasteiger partial charge on any atom is -0.481 e. The van der Waals surface area contributed by atoms with Gasteiger partial charge in [0.25, 0.3) is 0 Å². The van der Waals surface area contributed by atoms with E-state index in [0.717, 1.165) is 37.4 Å². The van der Waals surface area contributed by atoms with E-state index < -0.39 is 0 Å². The quantitative estimate of drug-likeness (QED) is 0.829. The molecule has 1 aromatic rings. The third-order valence-electron chi connectivity index (χ3n) is 3.32. The maximum atomic E-state index is 9.48. The van der Waals surface area contributed by atoms with E-state index in [0.29, 0.717) is 5.88 Å². The fraction of sp³-hybridized carbons (Fsp3) is 0.667. The van der Waals surface area contributed by atoms with Gasteiger partial charge in [0.2, 0.25) is 5.88 Å². The van der Waals surface area contributed by atoms with Crippen molar-refractivity contribution in [3.63, 3.8) is 0 Å². The lowest BCUT2D eigenvalue weighted by molar-refractivity contribution is 0.203. The van der Waals surface area contributed by atoms with Crippen molar-refractivity contribution in [1.29, 1.82) is 5.26 Å². The Labute approximate surface area is 107 Å². The highest BCUT2D eigenvalue weighted by molar-refractivity contribution is 5.37. The molecule has 98 valence electrons. The molecular weight excluding hydrogens is 230 g/mol. The van der Waals surface area contributed by atoms with E-state index in [4.69, 9.17) is 4.74 Å². The summed E-state index contributed by atoms with van der Waals surface area (Å²) in [4.78, 5) is 2.17. The van der Waals surface area contributed by atoms with Gasteiger partial charge < -0.3 is 10.1 Å². The van der Waals surface area contributed by atoms with Crippen molar-refractivity contribution in [3.8, 4) is 11.9 Å². The van der Waals surface area contributed by atoms with Gasteiger partial charge in [0, 0.05) is 33.2 Å². The van der Waals surface area contributed by atoms with Gasteiger partial charge in [-0.25, -0.2) is 4.68 Å².